The van der Waals surface area contributed by atoms with Crippen molar-refractivity contribution in [2.45, 2.75) is 23.9 Å². The Bertz CT molecular complexity index is 883. The van der Waals surface area contributed by atoms with Crippen LogP contribution in [0.1, 0.15) is 12.5 Å². The lowest BCUT2D eigenvalue weighted by molar-refractivity contribution is -0.120. The molecule has 1 amide bonds. The molecule has 2 N–H and O–H groups in total. The second-order valence-corrected chi connectivity index (χ2v) is 7.24. The Morgan fingerprint density at radius 3 is 2.62 bits per heavy atom. The van der Waals surface area contributed by atoms with E-state index in [-0.39, 0.29) is 16.9 Å². The highest BCUT2D eigenvalue weighted by atomic mass is 35.5. The first kappa shape index (κ1) is 18.2. The van der Waals surface area contributed by atoms with Crippen LogP contribution in [0.2, 0.25) is 5.02 Å². The minimum atomic E-state index is -0.385. The van der Waals surface area contributed by atoms with Gasteiger partial charge in [0.25, 0.3) is 0 Å². The van der Waals surface area contributed by atoms with Crippen LogP contribution in [0.3, 0.4) is 0 Å². The molecule has 1 unspecified atom stereocenters. The minimum absolute atomic E-state index is 0.120. The molecule has 1 aromatic heterocycles. The van der Waals surface area contributed by atoms with E-state index in [1.54, 1.807) is 43.3 Å². The molecule has 0 aliphatic heterocycles. The van der Waals surface area contributed by atoms with Crippen LogP contribution in [-0.2, 0) is 11.3 Å². The van der Waals surface area contributed by atoms with E-state index in [0.29, 0.717) is 22.4 Å². The molecule has 0 fully saturated rings. The smallest absolute Gasteiger partial charge is 0.233 e. The van der Waals surface area contributed by atoms with E-state index < -0.39 is 0 Å². The quantitative estimate of drug-likeness (QED) is 0.630. The molecule has 1 atom stereocenters. The number of benzene rings is 2. The largest absolute Gasteiger partial charge is 0.508 e. The molecule has 3 aromatic rings. The highest BCUT2D eigenvalue weighted by Crippen LogP contribution is 2.23. The maximum atomic E-state index is 12.3. The molecular formula is C17H16ClN5O2S. The number of thioether (sulfide) groups is 1. The van der Waals surface area contributed by atoms with Crippen molar-refractivity contribution in [1.29, 1.82) is 0 Å². The molecule has 0 saturated carbocycles. The third-order valence-electron chi connectivity index (χ3n) is 3.57. The molecule has 0 bridgehead atoms. The van der Waals surface area contributed by atoms with Crippen molar-refractivity contribution in [2.24, 2.45) is 0 Å². The summed E-state index contributed by atoms with van der Waals surface area (Å²) in [5, 5.41) is 24.6. The van der Waals surface area contributed by atoms with Gasteiger partial charge in [0.05, 0.1) is 10.9 Å². The van der Waals surface area contributed by atoms with E-state index in [9.17, 15) is 9.90 Å². The van der Waals surface area contributed by atoms with Gasteiger partial charge in [0.2, 0.25) is 11.1 Å². The summed E-state index contributed by atoms with van der Waals surface area (Å²) >= 11 is 7.11. The van der Waals surface area contributed by atoms with Crippen LogP contribution in [0.15, 0.2) is 53.7 Å². The highest BCUT2D eigenvalue weighted by Gasteiger charge is 2.19. The normalized spacial score (nSPS) is 11.9. The predicted molar refractivity (Wildman–Crippen MR) is 99.4 cm³/mol. The number of halogens is 1. The number of hydrogen-bond acceptors (Lipinski definition) is 6. The highest BCUT2D eigenvalue weighted by molar-refractivity contribution is 8.00. The summed E-state index contributed by atoms with van der Waals surface area (Å²) in [6.45, 7) is 2.21. The molecule has 0 radical (unpaired) electrons. The second-order valence-electron chi connectivity index (χ2n) is 5.49. The number of carbonyl (C=O) groups is 1. The third kappa shape index (κ3) is 4.53. The van der Waals surface area contributed by atoms with Gasteiger partial charge in [-0.25, -0.2) is 0 Å². The average molecular weight is 390 g/mol. The van der Waals surface area contributed by atoms with Gasteiger partial charge in [-0.2, -0.15) is 4.68 Å². The zero-order chi connectivity index (χ0) is 18.5. The summed E-state index contributed by atoms with van der Waals surface area (Å²) in [5.41, 5.74) is 1.66. The lowest BCUT2D eigenvalue weighted by Crippen LogP contribution is -2.30. The summed E-state index contributed by atoms with van der Waals surface area (Å²) in [4.78, 5) is 12.3. The van der Waals surface area contributed by atoms with E-state index in [4.69, 9.17) is 11.6 Å². The van der Waals surface area contributed by atoms with Crippen LogP contribution < -0.4 is 5.32 Å². The predicted octanol–water partition coefficient (Wildman–Crippen LogP) is 2.82. The van der Waals surface area contributed by atoms with Crippen LogP contribution >= 0.6 is 23.4 Å². The molecule has 0 spiro atoms. The van der Waals surface area contributed by atoms with Crippen LogP contribution in [0.4, 0.5) is 0 Å². The van der Waals surface area contributed by atoms with Crippen molar-refractivity contribution < 1.29 is 9.90 Å². The third-order valence-corrected chi connectivity index (χ3v) is 4.85. The molecule has 3 rings (SSSR count). The number of amides is 1. The fraction of sp³-hybridized carbons (Fsp3) is 0.176. The van der Waals surface area contributed by atoms with Gasteiger partial charge in [-0.1, -0.05) is 35.5 Å². The molecule has 134 valence electrons. The summed E-state index contributed by atoms with van der Waals surface area (Å²) < 4.78 is 1.52. The fourth-order valence-electron chi connectivity index (χ4n) is 2.16. The number of nitrogens with zero attached hydrogens (tertiary/aromatic N) is 4. The number of nitrogens with one attached hydrogen (secondary N) is 1. The Morgan fingerprint density at radius 1 is 1.23 bits per heavy atom. The summed E-state index contributed by atoms with van der Waals surface area (Å²) in [7, 11) is 0. The summed E-state index contributed by atoms with van der Waals surface area (Å²) in [6.07, 6.45) is 0. The first-order valence-corrected chi connectivity index (χ1v) is 9.05. The Kier molecular flexibility index (Phi) is 5.75. The van der Waals surface area contributed by atoms with Crippen molar-refractivity contribution in [2.75, 3.05) is 0 Å². The Labute approximate surface area is 159 Å². The summed E-state index contributed by atoms with van der Waals surface area (Å²) in [6, 6.07) is 13.8. The van der Waals surface area contributed by atoms with Crippen molar-refractivity contribution in [3.8, 4) is 11.4 Å². The molecule has 7 nitrogen and oxygen atoms in total. The molecule has 9 heteroatoms. The van der Waals surface area contributed by atoms with E-state index in [0.717, 1.165) is 5.56 Å². The van der Waals surface area contributed by atoms with Crippen LogP contribution in [0, 0.1) is 0 Å². The van der Waals surface area contributed by atoms with Gasteiger partial charge in [0, 0.05) is 11.6 Å². The van der Waals surface area contributed by atoms with Crippen LogP contribution in [0.25, 0.3) is 5.69 Å². The first-order valence-electron chi connectivity index (χ1n) is 7.79. The number of carbonyl (C=O) groups excluding carboxylic acids is 1. The maximum absolute atomic E-state index is 12.3. The number of rotatable bonds is 6. The van der Waals surface area contributed by atoms with Gasteiger partial charge in [0.15, 0.2) is 0 Å². The minimum Gasteiger partial charge on any atom is -0.508 e. The molecule has 26 heavy (non-hydrogen) atoms. The molecule has 0 saturated heterocycles. The van der Waals surface area contributed by atoms with Gasteiger partial charge in [0.1, 0.15) is 5.75 Å². The molecule has 0 aliphatic carbocycles. The van der Waals surface area contributed by atoms with E-state index in [1.165, 1.54) is 16.4 Å². The Morgan fingerprint density at radius 2 is 1.92 bits per heavy atom. The van der Waals surface area contributed by atoms with Gasteiger partial charge in [-0.3, -0.25) is 4.79 Å². The average Bonchev–Trinajstić information content (AvgIpc) is 3.09. The second kappa shape index (κ2) is 8.20. The zero-order valence-corrected chi connectivity index (χ0v) is 15.4. The van der Waals surface area contributed by atoms with Gasteiger partial charge in [-0.15, -0.1) is 5.10 Å². The van der Waals surface area contributed by atoms with Crippen molar-refractivity contribution in [3.63, 3.8) is 0 Å². The monoisotopic (exact) mass is 389 g/mol. The van der Waals surface area contributed by atoms with Gasteiger partial charge >= 0.3 is 0 Å². The van der Waals surface area contributed by atoms with Gasteiger partial charge < -0.3 is 10.4 Å². The summed E-state index contributed by atoms with van der Waals surface area (Å²) in [5.74, 6) is 0.0381. The number of aromatic nitrogens is 4. The fourth-order valence-corrected chi connectivity index (χ4v) is 3.11. The van der Waals surface area contributed by atoms with E-state index in [1.807, 2.05) is 12.1 Å². The van der Waals surface area contributed by atoms with Crippen LogP contribution in [0.5, 0.6) is 5.75 Å². The number of phenolic OH excluding ortho intramolecular Hbond substituents is 1. The lowest BCUT2D eigenvalue weighted by atomic mass is 10.2. The zero-order valence-electron chi connectivity index (χ0n) is 13.8. The van der Waals surface area contributed by atoms with Crippen LogP contribution in [-0.4, -0.2) is 36.5 Å². The molecule has 2 aromatic carbocycles. The molecule has 0 aliphatic rings. The number of aromatic hydroxyl groups is 1. The SMILES string of the molecule is CC(Sc1nnnn1-c1ccc(O)cc1)C(=O)NCc1ccc(Cl)cc1. The van der Waals surface area contributed by atoms with Crippen molar-refractivity contribution >= 4 is 29.3 Å². The number of tetrazole rings is 1. The van der Waals surface area contributed by atoms with E-state index in [2.05, 4.69) is 20.8 Å². The topological polar surface area (TPSA) is 92.9 Å². The lowest BCUT2D eigenvalue weighted by Gasteiger charge is -2.12. The number of phenols is 1. The van der Waals surface area contributed by atoms with Crippen molar-refractivity contribution in [3.05, 3.63) is 59.1 Å². The molecular weight excluding hydrogens is 374 g/mol. The standard InChI is InChI=1S/C17H16ClN5O2S/c1-11(16(25)19-10-12-2-4-13(18)5-3-12)26-17-20-21-22-23(17)14-6-8-15(24)9-7-14/h2-9,11,24H,10H2,1H3,(H,19,25). The Hall–Kier alpha value is -2.58. The van der Waals surface area contributed by atoms with Crippen molar-refractivity contribution in [1.82, 2.24) is 25.5 Å². The first-order chi connectivity index (χ1) is 12.5. The van der Waals surface area contributed by atoms with E-state index >= 15 is 0 Å². The number of hydrogen-bond donors (Lipinski definition) is 2. The maximum Gasteiger partial charge on any atom is 0.233 e. The Balaban J connectivity index is 1.62. The molecule has 1 heterocycles. The van der Waals surface area contributed by atoms with Gasteiger partial charge in [-0.05, 0) is 59.3 Å².